The smallest absolute Gasteiger partial charge is 0.179 e. The first kappa shape index (κ1) is 11.5. The Morgan fingerprint density at radius 1 is 1.00 bits per heavy atom. The second-order valence-corrected chi connectivity index (χ2v) is 4.44. The maximum Gasteiger partial charge on any atom is 0.179 e. The number of ether oxygens (including phenoxy) is 1. The molecule has 0 atom stereocenters. The molecule has 0 aliphatic carbocycles. The van der Waals surface area contributed by atoms with Gasteiger partial charge in [-0.15, -0.1) is 0 Å². The zero-order valence-corrected chi connectivity index (χ0v) is 10.7. The minimum absolute atomic E-state index is 0.517. The standard InChI is InChI=1S/C14H13N3O2/c1-8-4-3-5-9(2)14(8)18-11-7-6-10(15)12-13(11)17-19-16-12/h3-7H,15H2,1-2H3. The minimum atomic E-state index is 0.517. The molecule has 19 heavy (non-hydrogen) atoms. The first-order chi connectivity index (χ1) is 9.16. The lowest BCUT2D eigenvalue weighted by Crippen LogP contribution is -1.93. The van der Waals surface area contributed by atoms with Crippen LogP contribution >= 0.6 is 0 Å². The number of nitrogens with zero attached hydrogens (tertiary/aromatic N) is 2. The zero-order chi connectivity index (χ0) is 13.4. The lowest BCUT2D eigenvalue weighted by Gasteiger charge is -2.11. The molecule has 0 aliphatic heterocycles. The van der Waals surface area contributed by atoms with Gasteiger partial charge in [-0.2, -0.15) is 0 Å². The van der Waals surface area contributed by atoms with Crippen molar-refractivity contribution in [2.45, 2.75) is 13.8 Å². The fraction of sp³-hybridized carbons (Fsp3) is 0.143. The van der Waals surface area contributed by atoms with Crippen LogP contribution in [0, 0.1) is 13.8 Å². The van der Waals surface area contributed by atoms with Gasteiger partial charge in [0.1, 0.15) is 5.75 Å². The fourth-order valence-electron chi connectivity index (χ4n) is 2.02. The lowest BCUT2D eigenvalue weighted by molar-refractivity contribution is 0.314. The molecule has 0 bridgehead atoms. The van der Waals surface area contributed by atoms with Crippen molar-refractivity contribution in [2.75, 3.05) is 5.73 Å². The van der Waals surface area contributed by atoms with Gasteiger partial charge in [-0.1, -0.05) is 18.2 Å². The van der Waals surface area contributed by atoms with Crippen molar-refractivity contribution in [2.24, 2.45) is 0 Å². The molecule has 0 fully saturated rings. The number of benzene rings is 2. The molecular weight excluding hydrogens is 242 g/mol. The van der Waals surface area contributed by atoms with Gasteiger partial charge in [-0.3, -0.25) is 0 Å². The summed E-state index contributed by atoms with van der Waals surface area (Å²) in [7, 11) is 0. The van der Waals surface area contributed by atoms with Gasteiger partial charge in [0.2, 0.25) is 0 Å². The highest BCUT2D eigenvalue weighted by Gasteiger charge is 2.13. The van der Waals surface area contributed by atoms with Crippen molar-refractivity contribution in [3.8, 4) is 11.5 Å². The van der Waals surface area contributed by atoms with Gasteiger partial charge >= 0.3 is 0 Å². The average molecular weight is 255 g/mol. The first-order valence-electron chi connectivity index (χ1n) is 5.91. The van der Waals surface area contributed by atoms with E-state index in [1.54, 1.807) is 12.1 Å². The van der Waals surface area contributed by atoms with Crippen molar-refractivity contribution in [1.29, 1.82) is 0 Å². The molecule has 0 saturated heterocycles. The maximum absolute atomic E-state index is 5.95. The summed E-state index contributed by atoms with van der Waals surface area (Å²) < 4.78 is 10.7. The zero-order valence-electron chi connectivity index (χ0n) is 10.7. The maximum atomic E-state index is 5.95. The van der Waals surface area contributed by atoms with Gasteiger partial charge in [-0.05, 0) is 47.4 Å². The second kappa shape index (κ2) is 4.28. The topological polar surface area (TPSA) is 74.2 Å². The van der Waals surface area contributed by atoms with E-state index in [2.05, 4.69) is 10.3 Å². The van der Waals surface area contributed by atoms with Gasteiger partial charge in [0.25, 0.3) is 0 Å². The number of hydrogen-bond acceptors (Lipinski definition) is 5. The number of hydrogen-bond donors (Lipinski definition) is 1. The molecule has 1 heterocycles. The van der Waals surface area contributed by atoms with Crippen LogP contribution in [0.15, 0.2) is 35.0 Å². The van der Waals surface area contributed by atoms with Crippen LogP contribution in [-0.2, 0) is 0 Å². The van der Waals surface area contributed by atoms with E-state index in [9.17, 15) is 0 Å². The molecule has 5 nitrogen and oxygen atoms in total. The van der Waals surface area contributed by atoms with E-state index in [1.807, 2.05) is 32.0 Å². The van der Waals surface area contributed by atoms with Crippen LogP contribution in [0.3, 0.4) is 0 Å². The Labute approximate surface area is 109 Å². The number of fused-ring (bicyclic) bond motifs is 1. The summed E-state index contributed by atoms with van der Waals surface area (Å²) in [6.45, 7) is 4.00. The summed E-state index contributed by atoms with van der Waals surface area (Å²) in [5, 5.41) is 7.62. The number of para-hydroxylation sites is 1. The van der Waals surface area contributed by atoms with E-state index in [1.165, 1.54) is 0 Å². The van der Waals surface area contributed by atoms with Crippen molar-refractivity contribution in [3.05, 3.63) is 41.5 Å². The largest absolute Gasteiger partial charge is 0.454 e. The molecule has 0 amide bonds. The summed E-state index contributed by atoms with van der Waals surface area (Å²) in [6.07, 6.45) is 0. The Kier molecular flexibility index (Phi) is 2.59. The van der Waals surface area contributed by atoms with E-state index in [-0.39, 0.29) is 0 Å². The molecule has 3 aromatic rings. The molecule has 0 aliphatic rings. The third kappa shape index (κ3) is 1.89. The van der Waals surface area contributed by atoms with E-state index in [0.29, 0.717) is 22.5 Å². The summed E-state index contributed by atoms with van der Waals surface area (Å²) in [5.41, 5.74) is 9.48. The molecule has 3 rings (SSSR count). The van der Waals surface area contributed by atoms with Gasteiger partial charge < -0.3 is 10.5 Å². The molecule has 0 unspecified atom stereocenters. The van der Waals surface area contributed by atoms with Crippen LogP contribution in [0.25, 0.3) is 11.0 Å². The van der Waals surface area contributed by atoms with E-state index < -0.39 is 0 Å². The van der Waals surface area contributed by atoms with Crippen LogP contribution in [0.2, 0.25) is 0 Å². The highest BCUT2D eigenvalue weighted by atomic mass is 16.6. The number of anilines is 1. The Hall–Kier alpha value is -2.56. The Morgan fingerprint density at radius 3 is 2.42 bits per heavy atom. The predicted octanol–water partition coefficient (Wildman–Crippen LogP) is 3.21. The number of aromatic nitrogens is 2. The molecule has 5 heteroatoms. The van der Waals surface area contributed by atoms with Crippen molar-refractivity contribution in [3.63, 3.8) is 0 Å². The quantitative estimate of drug-likeness (QED) is 0.712. The van der Waals surface area contributed by atoms with Gasteiger partial charge in [0, 0.05) is 0 Å². The number of rotatable bonds is 2. The van der Waals surface area contributed by atoms with E-state index in [0.717, 1.165) is 16.9 Å². The SMILES string of the molecule is Cc1cccc(C)c1Oc1ccc(N)c2nonc12. The molecule has 2 N–H and O–H groups in total. The van der Waals surface area contributed by atoms with Crippen LogP contribution in [0.4, 0.5) is 5.69 Å². The molecule has 0 saturated carbocycles. The van der Waals surface area contributed by atoms with E-state index in [4.69, 9.17) is 15.1 Å². The predicted molar refractivity (Wildman–Crippen MR) is 72.2 cm³/mol. The second-order valence-electron chi connectivity index (χ2n) is 4.44. The van der Waals surface area contributed by atoms with Crippen LogP contribution < -0.4 is 10.5 Å². The van der Waals surface area contributed by atoms with Gasteiger partial charge in [0.15, 0.2) is 16.8 Å². The average Bonchev–Trinajstić information content (AvgIpc) is 2.87. The molecule has 0 radical (unpaired) electrons. The summed E-state index contributed by atoms with van der Waals surface area (Å²) >= 11 is 0. The van der Waals surface area contributed by atoms with Crippen molar-refractivity contribution < 1.29 is 9.37 Å². The highest BCUT2D eigenvalue weighted by molar-refractivity contribution is 5.90. The minimum Gasteiger partial charge on any atom is -0.454 e. The molecule has 2 aromatic carbocycles. The third-order valence-electron chi connectivity index (χ3n) is 3.03. The van der Waals surface area contributed by atoms with Gasteiger partial charge in [0.05, 0.1) is 5.69 Å². The molecular formula is C14H13N3O2. The summed E-state index contributed by atoms with van der Waals surface area (Å²) in [4.78, 5) is 0. The fourth-order valence-corrected chi connectivity index (χ4v) is 2.02. The number of nitrogens with two attached hydrogens (primary N) is 1. The van der Waals surface area contributed by atoms with E-state index >= 15 is 0 Å². The summed E-state index contributed by atoms with van der Waals surface area (Å²) in [6, 6.07) is 9.49. The number of aryl methyl sites for hydroxylation is 2. The number of nitrogen functional groups attached to an aromatic ring is 1. The molecule has 96 valence electrons. The van der Waals surface area contributed by atoms with Crippen LogP contribution in [-0.4, -0.2) is 10.3 Å². The monoisotopic (exact) mass is 255 g/mol. The Morgan fingerprint density at radius 2 is 1.68 bits per heavy atom. The third-order valence-corrected chi connectivity index (χ3v) is 3.03. The van der Waals surface area contributed by atoms with Crippen molar-refractivity contribution in [1.82, 2.24) is 10.3 Å². The first-order valence-corrected chi connectivity index (χ1v) is 5.91. The highest BCUT2D eigenvalue weighted by Crippen LogP contribution is 2.33. The molecule has 1 aromatic heterocycles. The van der Waals surface area contributed by atoms with Crippen LogP contribution in [0.5, 0.6) is 11.5 Å². The molecule has 0 spiro atoms. The normalized spacial score (nSPS) is 10.8. The lowest BCUT2D eigenvalue weighted by atomic mass is 10.1. The van der Waals surface area contributed by atoms with Gasteiger partial charge in [-0.25, -0.2) is 4.63 Å². The Balaban J connectivity index is 2.11. The van der Waals surface area contributed by atoms with Crippen LogP contribution in [0.1, 0.15) is 11.1 Å². The van der Waals surface area contributed by atoms with Crippen molar-refractivity contribution >= 4 is 16.7 Å². The summed E-state index contributed by atoms with van der Waals surface area (Å²) in [5.74, 6) is 1.40. The Bertz CT molecular complexity index is 729.